The molecule has 0 saturated carbocycles. The molecule has 0 aliphatic heterocycles. The van der Waals surface area contributed by atoms with E-state index < -0.39 is 0 Å². The highest BCUT2D eigenvalue weighted by Crippen LogP contribution is 2.39. The van der Waals surface area contributed by atoms with Crippen molar-refractivity contribution in [1.82, 2.24) is 0 Å². The highest BCUT2D eigenvalue weighted by atomic mass is 32.1. The Morgan fingerprint density at radius 3 is 1.76 bits per heavy atom. The normalized spacial score (nSPS) is 11.2. The molecule has 7 rings (SSSR count). The van der Waals surface area contributed by atoms with E-state index in [4.69, 9.17) is 0 Å². The van der Waals surface area contributed by atoms with E-state index in [9.17, 15) is 0 Å². The minimum absolute atomic E-state index is 1.07. The van der Waals surface area contributed by atoms with Crippen LogP contribution in [0.3, 0.4) is 0 Å². The molecule has 1 aromatic heterocycles. The maximum atomic E-state index is 3.68. The summed E-state index contributed by atoms with van der Waals surface area (Å²) in [5, 5.41) is 6.34. The lowest BCUT2D eigenvalue weighted by atomic mass is 9.96. The molecular weight excluding hydrogens is 478 g/mol. The zero-order valence-electron chi connectivity index (χ0n) is 20.8. The Morgan fingerprint density at radius 1 is 0.395 bits per heavy atom. The molecule has 0 atom stereocenters. The molecule has 0 saturated heterocycles. The van der Waals surface area contributed by atoms with Crippen molar-refractivity contribution < 1.29 is 0 Å². The van der Waals surface area contributed by atoms with Gasteiger partial charge in [-0.25, -0.2) is 0 Å². The van der Waals surface area contributed by atoms with Gasteiger partial charge in [-0.2, -0.15) is 0 Å². The van der Waals surface area contributed by atoms with Crippen LogP contribution in [0.25, 0.3) is 53.6 Å². The SMILES string of the molecule is c1ccc(-c2ccc(Nc3ccc(-c4ccc5c(c4)sc4ccccc45)cc3-c3ccccc3)cc2)cc1. The van der Waals surface area contributed by atoms with Gasteiger partial charge in [0.05, 0.1) is 0 Å². The summed E-state index contributed by atoms with van der Waals surface area (Å²) in [6, 6.07) is 52.0. The van der Waals surface area contributed by atoms with Crippen LogP contribution in [-0.2, 0) is 0 Å². The van der Waals surface area contributed by atoms with Crippen LogP contribution >= 0.6 is 11.3 Å². The van der Waals surface area contributed by atoms with E-state index in [2.05, 4.69) is 151 Å². The van der Waals surface area contributed by atoms with Crippen molar-refractivity contribution in [2.75, 3.05) is 5.32 Å². The van der Waals surface area contributed by atoms with Crippen LogP contribution in [0.4, 0.5) is 11.4 Å². The molecular formula is C36H25NS. The van der Waals surface area contributed by atoms with Crippen molar-refractivity contribution in [1.29, 1.82) is 0 Å². The molecule has 0 fully saturated rings. The fourth-order valence-corrected chi connectivity index (χ4v) is 6.27. The van der Waals surface area contributed by atoms with Crippen LogP contribution in [0.15, 0.2) is 146 Å². The van der Waals surface area contributed by atoms with Gasteiger partial charge in [-0.1, -0.05) is 109 Å². The average molecular weight is 504 g/mol. The van der Waals surface area contributed by atoms with Gasteiger partial charge in [0.25, 0.3) is 0 Å². The van der Waals surface area contributed by atoms with E-state index in [1.165, 1.54) is 53.6 Å². The Bertz CT molecular complexity index is 1870. The third-order valence-electron chi connectivity index (χ3n) is 7.09. The van der Waals surface area contributed by atoms with E-state index in [0.29, 0.717) is 0 Å². The van der Waals surface area contributed by atoms with Crippen LogP contribution in [0.2, 0.25) is 0 Å². The second-order valence-corrected chi connectivity index (χ2v) is 10.6. The molecule has 0 unspecified atom stereocenters. The van der Waals surface area contributed by atoms with Crippen molar-refractivity contribution in [3.8, 4) is 33.4 Å². The lowest BCUT2D eigenvalue weighted by molar-refractivity contribution is 1.52. The van der Waals surface area contributed by atoms with E-state index in [1.54, 1.807) is 0 Å². The van der Waals surface area contributed by atoms with Gasteiger partial charge >= 0.3 is 0 Å². The largest absolute Gasteiger partial charge is 0.355 e. The topological polar surface area (TPSA) is 12.0 Å². The summed E-state index contributed by atoms with van der Waals surface area (Å²) in [6.45, 7) is 0. The molecule has 0 aliphatic rings. The van der Waals surface area contributed by atoms with Crippen molar-refractivity contribution in [3.05, 3.63) is 146 Å². The first-order valence-electron chi connectivity index (χ1n) is 12.9. The van der Waals surface area contributed by atoms with E-state index in [0.717, 1.165) is 11.4 Å². The van der Waals surface area contributed by atoms with Gasteiger partial charge < -0.3 is 5.32 Å². The molecule has 1 N–H and O–H groups in total. The molecule has 38 heavy (non-hydrogen) atoms. The molecule has 2 heteroatoms. The molecule has 0 aliphatic carbocycles. The standard InChI is InChI=1S/C36H25NS/c1-3-9-25(10-4-1)26-15-19-30(20-16-26)37-34-22-18-28(23-33(34)27-11-5-2-6-12-27)29-17-21-32-31-13-7-8-14-35(31)38-36(32)24-29/h1-24,37H. The van der Waals surface area contributed by atoms with Crippen LogP contribution in [-0.4, -0.2) is 0 Å². The van der Waals surface area contributed by atoms with E-state index in [-0.39, 0.29) is 0 Å². The van der Waals surface area contributed by atoms with Gasteiger partial charge in [0.2, 0.25) is 0 Å². The number of nitrogens with one attached hydrogen (secondary N) is 1. The Kier molecular flexibility index (Phi) is 5.73. The smallest absolute Gasteiger partial charge is 0.0464 e. The van der Waals surface area contributed by atoms with Gasteiger partial charge in [0, 0.05) is 37.1 Å². The van der Waals surface area contributed by atoms with Crippen molar-refractivity contribution in [2.24, 2.45) is 0 Å². The van der Waals surface area contributed by atoms with Crippen molar-refractivity contribution in [2.45, 2.75) is 0 Å². The summed E-state index contributed by atoms with van der Waals surface area (Å²) in [4.78, 5) is 0. The fraction of sp³-hybridized carbons (Fsp3) is 0. The first-order valence-corrected chi connectivity index (χ1v) is 13.7. The Hall–Kier alpha value is -4.66. The second kappa shape index (κ2) is 9.66. The Labute approximate surface area is 226 Å². The first kappa shape index (κ1) is 22.5. The third-order valence-corrected chi connectivity index (χ3v) is 8.22. The van der Waals surface area contributed by atoms with Crippen LogP contribution < -0.4 is 5.32 Å². The summed E-state index contributed by atoms with van der Waals surface area (Å²) in [5.74, 6) is 0. The molecule has 0 amide bonds. The highest BCUT2D eigenvalue weighted by Gasteiger charge is 2.11. The number of benzene rings is 6. The lowest BCUT2D eigenvalue weighted by Crippen LogP contribution is -1.94. The number of rotatable bonds is 5. The van der Waals surface area contributed by atoms with Crippen molar-refractivity contribution in [3.63, 3.8) is 0 Å². The van der Waals surface area contributed by atoms with E-state index >= 15 is 0 Å². The van der Waals surface area contributed by atoms with Gasteiger partial charge in [-0.05, 0) is 64.2 Å². The van der Waals surface area contributed by atoms with Gasteiger partial charge in [0.1, 0.15) is 0 Å². The zero-order chi connectivity index (χ0) is 25.3. The number of anilines is 2. The summed E-state index contributed by atoms with van der Waals surface area (Å²) in [6.07, 6.45) is 0. The molecule has 1 heterocycles. The van der Waals surface area contributed by atoms with Gasteiger partial charge in [-0.15, -0.1) is 11.3 Å². The zero-order valence-corrected chi connectivity index (χ0v) is 21.6. The molecule has 180 valence electrons. The molecule has 1 nitrogen and oxygen atoms in total. The number of thiophene rings is 1. The Balaban J connectivity index is 1.26. The van der Waals surface area contributed by atoms with E-state index in [1.807, 2.05) is 11.3 Å². The third kappa shape index (κ3) is 4.26. The maximum Gasteiger partial charge on any atom is 0.0464 e. The second-order valence-electron chi connectivity index (χ2n) is 9.50. The van der Waals surface area contributed by atoms with Crippen LogP contribution in [0, 0.1) is 0 Å². The van der Waals surface area contributed by atoms with Crippen molar-refractivity contribution >= 4 is 42.9 Å². The van der Waals surface area contributed by atoms with Crippen LogP contribution in [0.1, 0.15) is 0 Å². The summed E-state index contributed by atoms with van der Waals surface area (Å²) in [5.41, 5.74) is 9.44. The fourth-order valence-electron chi connectivity index (χ4n) is 5.13. The number of fused-ring (bicyclic) bond motifs is 3. The Morgan fingerprint density at radius 2 is 0.974 bits per heavy atom. The molecule has 7 aromatic rings. The highest BCUT2D eigenvalue weighted by molar-refractivity contribution is 7.25. The monoisotopic (exact) mass is 503 g/mol. The molecule has 0 radical (unpaired) electrons. The predicted octanol–water partition coefficient (Wildman–Crippen LogP) is 10.8. The first-order chi connectivity index (χ1) is 18.8. The quantitative estimate of drug-likeness (QED) is 0.246. The van der Waals surface area contributed by atoms with Gasteiger partial charge in [-0.3, -0.25) is 0 Å². The molecule has 0 spiro atoms. The van der Waals surface area contributed by atoms with Crippen LogP contribution in [0.5, 0.6) is 0 Å². The number of hydrogen-bond donors (Lipinski definition) is 1. The number of hydrogen-bond acceptors (Lipinski definition) is 2. The average Bonchev–Trinajstić information content (AvgIpc) is 3.37. The molecule has 6 aromatic carbocycles. The summed E-state index contributed by atoms with van der Waals surface area (Å²) < 4.78 is 2.66. The minimum Gasteiger partial charge on any atom is -0.355 e. The molecule has 0 bridgehead atoms. The summed E-state index contributed by atoms with van der Waals surface area (Å²) in [7, 11) is 0. The maximum absolute atomic E-state index is 3.68. The summed E-state index contributed by atoms with van der Waals surface area (Å²) >= 11 is 1.86. The predicted molar refractivity (Wildman–Crippen MR) is 165 cm³/mol. The van der Waals surface area contributed by atoms with Gasteiger partial charge in [0.15, 0.2) is 0 Å². The lowest BCUT2D eigenvalue weighted by Gasteiger charge is -2.15. The minimum atomic E-state index is 1.07.